The van der Waals surface area contributed by atoms with Crippen LogP contribution < -0.4 is 16.8 Å². The third kappa shape index (κ3) is 5.38. The van der Waals surface area contributed by atoms with Crippen LogP contribution in [0.25, 0.3) is 0 Å². The van der Waals surface area contributed by atoms with Gasteiger partial charge in [-0.05, 0) is 24.1 Å². The Balaban J connectivity index is 2.55. The maximum Gasteiger partial charge on any atom is 0.326 e. The number of hydrogen-bond donors (Lipinski definition) is 4. The number of hydrogen-bond acceptors (Lipinski definition) is 4. The van der Waals surface area contributed by atoms with E-state index in [0.29, 0.717) is 5.69 Å². The van der Waals surface area contributed by atoms with Crippen molar-refractivity contribution < 1.29 is 19.5 Å². The molecule has 0 saturated carbocycles. The van der Waals surface area contributed by atoms with Crippen LogP contribution in [0.1, 0.15) is 18.4 Å². The third-order valence-electron chi connectivity index (χ3n) is 2.66. The van der Waals surface area contributed by atoms with Crippen molar-refractivity contribution in [2.45, 2.75) is 25.3 Å². The van der Waals surface area contributed by atoms with Crippen molar-refractivity contribution in [3.05, 3.63) is 29.8 Å². The number of carbonyl (C=O) groups is 3. The number of carboxylic acids is 1. The highest BCUT2D eigenvalue weighted by Crippen LogP contribution is 2.06. The summed E-state index contributed by atoms with van der Waals surface area (Å²) in [5, 5.41) is 11.3. The van der Waals surface area contributed by atoms with Gasteiger partial charge in [-0.15, -0.1) is 0 Å². The molecule has 2 amide bonds. The minimum atomic E-state index is -1.20. The summed E-state index contributed by atoms with van der Waals surface area (Å²) in [5.41, 5.74) is 11.8. The Labute approximate surface area is 115 Å². The number of anilines is 1. The van der Waals surface area contributed by atoms with Crippen LogP contribution >= 0.6 is 0 Å². The van der Waals surface area contributed by atoms with E-state index in [0.717, 1.165) is 5.56 Å². The number of aliphatic carboxylic acids is 1. The highest BCUT2D eigenvalue weighted by molar-refractivity contribution is 5.85. The first kappa shape index (κ1) is 15.5. The van der Waals surface area contributed by atoms with Crippen LogP contribution in [0, 0.1) is 0 Å². The molecule has 7 nitrogen and oxygen atoms in total. The van der Waals surface area contributed by atoms with Crippen molar-refractivity contribution in [1.82, 2.24) is 5.32 Å². The van der Waals surface area contributed by atoms with Crippen LogP contribution in [0.4, 0.5) is 5.69 Å². The van der Waals surface area contributed by atoms with E-state index in [2.05, 4.69) is 5.32 Å². The molecule has 0 saturated heterocycles. The molecule has 20 heavy (non-hydrogen) atoms. The third-order valence-corrected chi connectivity index (χ3v) is 2.66. The van der Waals surface area contributed by atoms with Gasteiger partial charge in [-0.25, -0.2) is 4.79 Å². The zero-order valence-electron chi connectivity index (χ0n) is 10.8. The predicted octanol–water partition coefficient (Wildman–Crippen LogP) is -0.354. The average Bonchev–Trinajstić information content (AvgIpc) is 2.36. The van der Waals surface area contributed by atoms with E-state index in [4.69, 9.17) is 16.6 Å². The van der Waals surface area contributed by atoms with Gasteiger partial charge in [0, 0.05) is 12.1 Å². The molecular formula is C13H17N3O4. The van der Waals surface area contributed by atoms with Crippen LogP contribution in [0.15, 0.2) is 24.3 Å². The highest BCUT2D eigenvalue weighted by atomic mass is 16.4. The highest BCUT2D eigenvalue weighted by Gasteiger charge is 2.20. The van der Waals surface area contributed by atoms with E-state index in [1.807, 2.05) is 0 Å². The Kier molecular flexibility index (Phi) is 5.52. The smallest absolute Gasteiger partial charge is 0.326 e. The molecule has 0 unspecified atom stereocenters. The monoisotopic (exact) mass is 279 g/mol. The van der Waals surface area contributed by atoms with Gasteiger partial charge in [0.15, 0.2) is 0 Å². The van der Waals surface area contributed by atoms with Gasteiger partial charge in [-0.3, -0.25) is 9.59 Å². The standard InChI is InChI=1S/C13H17N3O4/c14-9-3-1-8(2-4-9)7-12(18)16-10(13(19)20)5-6-11(15)17/h1-4,10H,5-7,14H2,(H2,15,17)(H,16,18)(H,19,20)/t10-/m1/s1. The largest absolute Gasteiger partial charge is 0.480 e. The lowest BCUT2D eigenvalue weighted by atomic mass is 10.1. The number of carboxylic acid groups (broad SMARTS) is 1. The van der Waals surface area contributed by atoms with Gasteiger partial charge in [0.05, 0.1) is 6.42 Å². The lowest BCUT2D eigenvalue weighted by Crippen LogP contribution is -2.42. The number of rotatable bonds is 7. The second-order valence-electron chi connectivity index (χ2n) is 4.38. The number of nitrogen functional groups attached to an aromatic ring is 1. The molecule has 1 aromatic rings. The summed E-state index contributed by atoms with van der Waals surface area (Å²) in [5.74, 6) is -2.24. The number of nitrogens with one attached hydrogen (secondary N) is 1. The van der Waals surface area contributed by atoms with Crippen molar-refractivity contribution >= 4 is 23.5 Å². The Hall–Kier alpha value is -2.57. The van der Waals surface area contributed by atoms with Crippen molar-refractivity contribution in [3.63, 3.8) is 0 Å². The molecule has 0 fully saturated rings. The number of carbonyl (C=O) groups excluding carboxylic acids is 2. The zero-order chi connectivity index (χ0) is 15.1. The SMILES string of the molecule is NC(=O)CC[C@@H](NC(=O)Cc1ccc(N)cc1)C(=O)O. The lowest BCUT2D eigenvalue weighted by Gasteiger charge is -2.13. The molecule has 0 spiro atoms. The van der Waals surface area contributed by atoms with Crippen LogP contribution in [-0.2, 0) is 20.8 Å². The number of benzene rings is 1. The van der Waals surface area contributed by atoms with Crippen LogP contribution in [-0.4, -0.2) is 28.9 Å². The first-order valence-electron chi connectivity index (χ1n) is 6.03. The number of nitrogens with two attached hydrogens (primary N) is 2. The molecule has 1 atom stereocenters. The Morgan fingerprint density at radius 3 is 2.30 bits per heavy atom. The van der Waals surface area contributed by atoms with Gasteiger partial charge in [0.1, 0.15) is 6.04 Å². The summed E-state index contributed by atoms with van der Waals surface area (Å²) >= 11 is 0. The topological polar surface area (TPSA) is 136 Å². The van der Waals surface area contributed by atoms with E-state index in [-0.39, 0.29) is 19.3 Å². The molecule has 0 heterocycles. The molecule has 0 aliphatic heterocycles. The Morgan fingerprint density at radius 2 is 1.80 bits per heavy atom. The van der Waals surface area contributed by atoms with E-state index in [1.165, 1.54) is 0 Å². The second kappa shape index (κ2) is 7.13. The van der Waals surface area contributed by atoms with Gasteiger partial charge in [-0.2, -0.15) is 0 Å². The van der Waals surface area contributed by atoms with Crippen LogP contribution in [0.5, 0.6) is 0 Å². The van der Waals surface area contributed by atoms with E-state index in [9.17, 15) is 14.4 Å². The van der Waals surface area contributed by atoms with Crippen LogP contribution in [0.3, 0.4) is 0 Å². The quantitative estimate of drug-likeness (QED) is 0.506. The molecular weight excluding hydrogens is 262 g/mol. The van der Waals surface area contributed by atoms with E-state index >= 15 is 0 Å². The fourth-order valence-electron chi connectivity index (χ4n) is 1.61. The first-order valence-corrected chi connectivity index (χ1v) is 6.03. The van der Waals surface area contributed by atoms with E-state index < -0.39 is 23.8 Å². The fourth-order valence-corrected chi connectivity index (χ4v) is 1.61. The molecule has 0 radical (unpaired) electrons. The van der Waals surface area contributed by atoms with Gasteiger partial charge in [0.2, 0.25) is 11.8 Å². The van der Waals surface area contributed by atoms with Crippen molar-refractivity contribution in [3.8, 4) is 0 Å². The van der Waals surface area contributed by atoms with Crippen molar-refractivity contribution in [1.29, 1.82) is 0 Å². The summed E-state index contributed by atoms with van der Waals surface area (Å²) in [6.45, 7) is 0. The molecule has 0 bridgehead atoms. The normalized spacial score (nSPS) is 11.6. The number of amides is 2. The summed E-state index contributed by atoms with van der Waals surface area (Å²) in [6, 6.07) is 5.57. The Bertz CT molecular complexity index is 499. The Morgan fingerprint density at radius 1 is 1.20 bits per heavy atom. The first-order chi connectivity index (χ1) is 9.38. The maximum atomic E-state index is 11.7. The molecule has 6 N–H and O–H groups in total. The van der Waals surface area contributed by atoms with E-state index in [1.54, 1.807) is 24.3 Å². The molecule has 0 aromatic heterocycles. The summed E-state index contributed by atoms with van der Waals surface area (Å²) < 4.78 is 0. The molecule has 0 aliphatic carbocycles. The van der Waals surface area contributed by atoms with Gasteiger partial charge < -0.3 is 21.9 Å². The van der Waals surface area contributed by atoms with Gasteiger partial charge >= 0.3 is 5.97 Å². The minimum Gasteiger partial charge on any atom is -0.480 e. The average molecular weight is 279 g/mol. The maximum absolute atomic E-state index is 11.7. The summed E-state index contributed by atoms with van der Waals surface area (Å²) in [7, 11) is 0. The number of primary amides is 1. The van der Waals surface area contributed by atoms with Gasteiger partial charge in [-0.1, -0.05) is 12.1 Å². The zero-order valence-corrected chi connectivity index (χ0v) is 10.8. The van der Waals surface area contributed by atoms with Gasteiger partial charge in [0.25, 0.3) is 0 Å². The fraction of sp³-hybridized carbons (Fsp3) is 0.308. The second-order valence-corrected chi connectivity index (χ2v) is 4.38. The summed E-state index contributed by atoms with van der Waals surface area (Å²) in [6.07, 6.45) is -0.0854. The predicted molar refractivity (Wildman–Crippen MR) is 72.6 cm³/mol. The molecule has 1 rings (SSSR count). The molecule has 7 heteroatoms. The molecule has 0 aliphatic rings. The van der Waals surface area contributed by atoms with Crippen LogP contribution in [0.2, 0.25) is 0 Å². The van der Waals surface area contributed by atoms with Crippen molar-refractivity contribution in [2.75, 3.05) is 5.73 Å². The minimum absolute atomic E-state index is 0.0296. The summed E-state index contributed by atoms with van der Waals surface area (Å²) in [4.78, 5) is 33.3. The van der Waals surface area contributed by atoms with Crippen molar-refractivity contribution in [2.24, 2.45) is 5.73 Å². The molecule has 1 aromatic carbocycles. The molecule has 108 valence electrons. The lowest BCUT2D eigenvalue weighted by molar-refractivity contribution is -0.142.